The predicted octanol–water partition coefficient (Wildman–Crippen LogP) is 2.10. The zero-order chi connectivity index (χ0) is 12.3. The second kappa shape index (κ2) is 8.63. The summed E-state index contributed by atoms with van der Waals surface area (Å²) in [6.45, 7) is 4.91. The minimum absolute atomic E-state index is 0.491. The fourth-order valence-electron chi connectivity index (χ4n) is 1.29. The van der Waals surface area contributed by atoms with Crippen molar-refractivity contribution in [3.05, 3.63) is 29.8 Å². The Hall–Kier alpha value is -1.50. The highest BCUT2D eigenvalue weighted by molar-refractivity contribution is 5.44. The third-order valence-electron chi connectivity index (χ3n) is 2.10. The molecule has 0 aliphatic heterocycles. The second-order valence-corrected chi connectivity index (χ2v) is 3.30. The number of ether oxygens (including phenoxy) is 3. The molecule has 0 unspecified atom stereocenters. The first-order valence-electron chi connectivity index (χ1n) is 5.72. The highest BCUT2D eigenvalue weighted by Gasteiger charge is 1.99. The smallest absolute Gasteiger partial charge is 0.135 e. The highest BCUT2D eigenvalue weighted by atomic mass is 16.5. The molecule has 0 atom stereocenters. The largest absolute Gasteiger partial charge is 0.490 e. The van der Waals surface area contributed by atoms with Crippen LogP contribution in [-0.4, -0.2) is 33.0 Å². The lowest BCUT2D eigenvalue weighted by Gasteiger charge is -2.08. The van der Waals surface area contributed by atoms with E-state index in [1.807, 2.05) is 31.2 Å². The van der Waals surface area contributed by atoms with Crippen LogP contribution in [0.1, 0.15) is 12.5 Å². The van der Waals surface area contributed by atoms with Gasteiger partial charge in [-0.25, -0.2) is 0 Å². The molecule has 3 nitrogen and oxygen atoms in total. The molecule has 0 N–H and O–H groups in total. The summed E-state index contributed by atoms with van der Waals surface area (Å²) in [4.78, 5) is 0. The van der Waals surface area contributed by atoms with Crippen molar-refractivity contribution in [1.29, 1.82) is 0 Å². The molecule has 0 aliphatic carbocycles. The highest BCUT2D eigenvalue weighted by Crippen LogP contribution is 2.15. The lowest BCUT2D eigenvalue weighted by atomic mass is 10.2. The van der Waals surface area contributed by atoms with Crippen LogP contribution in [0, 0.1) is 12.3 Å². The first-order valence-corrected chi connectivity index (χ1v) is 5.72. The van der Waals surface area contributed by atoms with Crippen molar-refractivity contribution in [3.8, 4) is 18.1 Å². The topological polar surface area (TPSA) is 27.7 Å². The Morgan fingerprint density at radius 1 is 1.06 bits per heavy atom. The van der Waals surface area contributed by atoms with Crippen molar-refractivity contribution in [3.63, 3.8) is 0 Å². The number of terminal acetylenes is 1. The van der Waals surface area contributed by atoms with E-state index in [0.29, 0.717) is 26.4 Å². The van der Waals surface area contributed by atoms with Gasteiger partial charge in [0.25, 0.3) is 0 Å². The summed E-state index contributed by atoms with van der Waals surface area (Å²) >= 11 is 0. The van der Waals surface area contributed by atoms with E-state index in [4.69, 9.17) is 20.6 Å². The lowest BCUT2D eigenvalue weighted by Crippen LogP contribution is -2.11. The third-order valence-corrected chi connectivity index (χ3v) is 2.10. The Morgan fingerprint density at radius 2 is 1.76 bits per heavy atom. The van der Waals surface area contributed by atoms with Gasteiger partial charge in [0.1, 0.15) is 12.4 Å². The standard InChI is InChI=1S/C14H18O3/c1-3-13-7-5-6-8-14(13)17-12-11-16-10-9-15-4-2/h1,5-8H,4,9-12H2,2H3. The summed E-state index contributed by atoms with van der Waals surface area (Å²) in [6.07, 6.45) is 5.36. The molecule has 92 valence electrons. The summed E-state index contributed by atoms with van der Waals surface area (Å²) in [7, 11) is 0. The van der Waals surface area contributed by atoms with Gasteiger partial charge in [-0.2, -0.15) is 0 Å². The maximum absolute atomic E-state index is 5.53. The van der Waals surface area contributed by atoms with Crippen LogP contribution in [0.4, 0.5) is 0 Å². The van der Waals surface area contributed by atoms with Crippen LogP contribution >= 0.6 is 0 Å². The minimum Gasteiger partial charge on any atom is -0.490 e. The van der Waals surface area contributed by atoms with Gasteiger partial charge in [0.2, 0.25) is 0 Å². The third kappa shape index (κ3) is 5.39. The Kier molecular flexibility index (Phi) is 6.89. The molecule has 1 aromatic rings. The molecule has 0 spiro atoms. The second-order valence-electron chi connectivity index (χ2n) is 3.30. The SMILES string of the molecule is C#Cc1ccccc1OCCOCCOCC. The molecule has 0 amide bonds. The van der Waals surface area contributed by atoms with Gasteiger partial charge in [0.05, 0.1) is 25.4 Å². The van der Waals surface area contributed by atoms with Crippen LogP contribution in [0.25, 0.3) is 0 Å². The van der Waals surface area contributed by atoms with Gasteiger partial charge in [-0.3, -0.25) is 0 Å². The number of para-hydroxylation sites is 1. The van der Waals surface area contributed by atoms with Gasteiger partial charge in [0.15, 0.2) is 0 Å². The molecule has 0 heterocycles. The molecule has 0 fully saturated rings. The fourth-order valence-corrected chi connectivity index (χ4v) is 1.29. The van der Waals surface area contributed by atoms with Gasteiger partial charge < -0.3 is 14.2 Å². The van der Waals surface area contributed by atoms with E-state index in [1.165, 1.54) is 0 Å². The fraction of sp³-hybridized carbons (Fsp3) is 0.429. The molecule has 1 rings (SSSR count). The average molecular weight is 234 g/mol. The van der Waals surface area contributed by atoms with Crippen LogP contribution in [0.2, 0.25) is 0 Å². The van der Waals surface area contributed by atoms with Gasteiger partial charge in [-0.1, -0.05) is 18.1 Å². The summed E-state index contributed by atoms with van der Waals surface area (Å²) in [6, 6.07) is 7.49. The van der Waals surface area contributed by atoms with Gasteiger partial charge >= 0.3 is 0 Å². The lowest BCUT2D eigenvalue weighted by molar-refractivity contribution is 0.0404. The molecule has 17 heavy (non-hydrogen) atoms. The molecule has 0 saturated heterocycles. The number of benzene rings is 1. The monoisotopic (exact) mass is 234 g/mol. The molecule has 1 aromatic carbocycles. The molecular formula is C14H18O3. The number of rotatable bonds is 8. The van der Waals surface area contributed by atoms with Crippen LogP contribution < -0.4 is 4.74 Å². The van der Waals surface area contributed by atoms with E-state index < -0.39 is 0 Å². The Bertz CT molecular complexity index is 355. The zero-order valence-electron chi connectivity index (χ0n) is 10.1. The maximum Gasteiger partial charge on any atom is 0.135 e. The van der Waals surface area contributed by atoms with Crippen LogP contribution in [-0.2, 0) is 9.47 Å². The summed E-state index contributed by atoms with van der Waals surface area (Å²) in [5, 5.41) is 0. The molecule has 0 aliphatic rings. The Morgan fingerprint density at radius 3 is 2.53 bits per heavy atom. The van der Waals surface area contributed by atoms with Crippen LogP contribution in [0.15, 0.2) is 24.3 Å². The van der Waals surface area contributed by atoms with Crippen molar-refractivity contribution in [2.45, 2.75) is 6.92 Å². The van der Waals surface area contributed by atoms with E-state index in [9.17, 15) is 0 Å². The molecular weight excluding hydrogens is 216 g/mol. The van der Waals surface area contributed by atoms with E-state index in [-0.39, 0.29) is 0 Å². The van der Waals surface area contributed by atoms with E-state index in [0.717, 1.165) is 17.9 Å². The van der Waals surface area contributed by atoms with Gasteiger partial charge in [-0.05, 0) is 19.1 Å². The molecule has 0 aromatic heterocycles. The number of hydrogen-bond donors (Lipinski definition) is 0. The maximum atomic E-state index is 5.53. The van der Waals surface area contributed by atoms with Crippen molar-refractivity contribution in [2.75, 3.05) is 33.0 Å². The quantitative estimate of drug-likeness (QED) is 0.509. The zero-order valence-corrected chi connectivity index (χ0v) is 10.1. The van der Waals surface area contributed by atoms with Gasteiger partial charge in [-0.15, -0.1) is 6.42 Å². The molecule has 0 radical (unpaired) electrons. The van der Waals surface area contributed by atoms with E-state index >= 15 is 0 Å². The first-order chi connectivity index (χ1) is 8.38. The van der Waals surface area contributed by atoms with Crippen molar-refractivity contribution in [1.82, 2.24) is 0 Å². The minimum atomic E-state index is 0.491. The summed E-state index contributed by atoms with van der Waals surface area (Å²) in [5.74, 6) is 3.30. The van der Waals surface area contributed by atoms with Crippen molar-refractivity contribution in [2.24, 2.45) is 0 Å². The van der Waals surface area contributed by atoms with E-state index in [2.05, 4.69) is 5.92 Å². The number of hydrogen-bond acceptors (Lipinski definition) is 3. The molecule has 0 saturated carbocycles. The van der Waals surface area contributed by atoms with Crippen LogP contribution in [0.5, 0.6) is 5.75 Å². The Labute approximate surface area is 103 Å². The van der Waals surface area contributed by atoms with Gasteiger partial charge in [0, 0.05) is 6.61 Å². The molecule has 3 heteroatoms. The van der Waals surface area contributed by atoms with E-state index in [1.54, 1.807) is 0 Å². The van der Waals surface area contributed by atoms with Crippen LogP contribution in [0.3, 0.4) is 0 Å². The Balaban J connectivity index is 2.16. The molecule has 0 bridgehead atoms. The predicted molar refractivity (Wildman–Crippen MR) is 67.2 cm³/mol. The normalized spacial score (nSPS) is 9.88. The first kappa shape index (κ1) is 13.6. The summed E-state index contributed by atoms with van der Waals surface area (Å²) < 4.78 is 16.0. The average Bonchev–Trinajstić information content (AvgIpc) is 2.38. The van der Waals surface area contributed by atoms with Crippen molar-refractivity contribution < 1.29 is 14.2 Å². The van der Waals surface area contributed by atoms with Crippen molar-refractivity contribution >= 4 is 0 Å². The summed E-state index contributed by atoms with van der Waals surface area (Å²) in [5.41, 5.74) is 0.766.